The van der Waals surface area contributed by atoms with Gasteiger partial charge in [-0.05, 0) is 117 Å². The van der Waals surface area contributed by atoms with Crippen LogP contribution in [-0.4, -0.2) is 43.9 Å². The zero-order chi connectivity index (χ0) is 29.3. The van der Waals surface area contributed by atoms with Crippen LogP contribution < -0.4 is 14.4 Å². The van der Waals surface area contributed by atoms with E-state index in [0.717, 1.165) is 56.4 Å². The molecular formula is C32H43ClN2O5S. The van der Waals surface area contributed by atoms with Crippen molar-refractivity contribution in [3.05, 3.63) is 58.1 Å². The summed E-state index contributed by atoms with van der Waals surface area (Å²) in [6.07, 6.45) is 5.75. The molecule has 1 saturated carbocycles. The van der Waals surface area contributed by atoms with Gasteiger partial charge in [0, 0.05) is 23.7 Å². The van der Waals surface area contributed by atoms with Gasteiger partial charge < -0.3 is 14.7 Å². The first kappa shape index (κ1) is 30.2. The van der Waals surface area contributed by atoms with Crippen LogP contribution in [0.15, 0.2) is 36.4 Å². The number of fused-ring (bicyclic) bond motifs is 3. The molecule has 2 heterocycles. The number of sulfonamides is 1. The lowest BCUT2D eigenvalue weighted by molar-refractivity contribution is 0.000649. The number of nitrogens with one attached hydrogen (secondary N) is 1. The summed E-state index contributed by atoms with van der Waals surface area (Å²) in [6, 6.07) is 11.1. The summed E-state index contributed by atoms with van der Waals surface area (Å²) in [5.41, 5.74) is 3.33. The van der Waals surface area contributed by atoms with Gasteiger partial charge in [-0.2, -0.15) is 0 Å². The van der Waals surface area contributed by atoms with Crippen LogP contribution in [0.1, 0.15) is 80.8 Å². The highest BCUT2D eigenvalue weighted by molar-refractivity contribution is 7.90. The smallest absolute Gasteiger partial charge is 0.264 e. The molecule has 5 rings (SSSR count). The highest BCUT2D eigenvalue weighted by Gasteiger charge is 2.39. The number of carbonyl (C=O) groups is 1. The Morgan fingerprint density at radius 1 is 1.02 bits per heavy atom. The van der Waals surface area contributed by atoms with Crippen molar-refractivity contribution in [3.8, 4) is 5.75 Å². The van der Waals surface area contributed by atoms with Crippen molar-refractivity contribution >= 4 is 33.2 Å². The maximum Gasteiger partial charge on any atom is 0.264 e. The molecule has 2 aromatic carbocycles. The number of rotatable bonds is 0. The van der Waals surface area contributed by atoms with Crippen LogP contribution in [0.25, 0.3) is 0 Å². The van der Waals surface area contributed by atoms with Gasteiger partial charge in [0.05, 0.1) is 17.0 Å². The number of nitrogens with zero attached hydrogens (tertiary/aromatic N) is 1. The van der Waals surface area contributed by atoms with Crippen molar-refractivity contribution in [3.63, 3.8) is 0 Å². The Bertz CT molecular complexity index is 1370. The number of halogens is 1. The Hall–Kier alpha value is -2.29. The van der Waals surface area contributed by atoms with Gasteiger partial charge in [0.2, 0.25) is 10.0 Å². The van der Waals surface area contributed by atoms with Crippen LogP contribution in [0.4, 0.5) is 5.69 Å². The molecular weight excluding hydrogens is 560 g/mol. The summed E-state index contributed by atoms with van der Waals surface area (Å²) in [6.45, 7) is 7.54. The van der Waals surface area contributed by atoms with Crippen molar-refractivity contribution in [2.75, 3.05) is 18.0 Å². The second kappa shape index (κ2) is 12.5. The number of amides is 1. The van der Waals surface area contributed by atoms with Gasteiger partial charge in [-0.3, -0.25) is 4.79 Å². The van der Waals surface area contributed by atoms with E-state index in [2.05, 4.69) is 16.5 Å². The lowest BCUT2D eigenvalue weighted by Gasteiger charge is -2.44. The first-order valence-corrected chi connectivity index (χ1v) is 17.0. The fraction of sp³-hybridized carbons (Fsp3) is 0.594. The maximum absolute atomic E-state index is 13.3. The van der Waals surface area contributed by atoms with Gasteiger partial charge in [-0.15, -0.1) is 0 Å². The summed E-state index contributed by atoms with van der Waals surface area (Å²) in [5, 5.41) is 11.2. The second-order valence-electron chi connectivity index (χ2n) is 12.6. The van der Waals surface area contributed by atoms with E-state index < -0.39 is 27.3 Å². The van der Waals surface area contributed by atoms with Gasteiger partial charge in [0.25, 0.3) is 5.91 Å². The predicted molar refractivity (Wildman–Crippen MR) is 163 cm³/mol. The molecule has 224 valence electrons. The largest absolute Gasteiger partial charge is 0.487 e. The molecule has 0 unspecified atom stereocenters. The van der Waals surface area contributed by atoms with Crippen molar-refractivity contribution in [2.24, 2.45) is 23.7 Å². The van der Waals surface area contributed by atoms with Gasteiger partial charge >= 0.3 is 0 Å². The highest BCUT2D eigenvalue weighted by atomic mass is 35.5. The number of hydrogen-bond donors (Lipinski definition) is 2. The predicted octanol–water partition coefficient (Wildman–Crippen LogP) is 5.96. The van der Waals surface area contributed by atoms with Gasteiger partial charge in [0.15, 0.2) is 0 Å². The number of benzene rings is 2. The van der Waals surface area contributed by atoms with E-state index in [1.807, 2.05) is 25.1 Å². The molecule has 1 fully saturated rings. The van der Waals surface area contributed by atoms with E-state index in [0.29, 0.717) is 36.1 Å². The maximum atomic E-state index is 13.3. The SMILES string of the molecule is C[C@@H]1C[C@@H](O)[C@@H]2CC[C@H]2CN2CCCCc3cc(Cl)ccc3COc3ccc(cc32)C(=O)NS(=O)(=O)[C@H](C)[C@@H](C)C1. The Morgan fingerprint density at radius 2 is 1.83 bits per heavy atom. The molecule has 1 aliphatic carbocycles. The molecule has 0 spiro atoms. The fourth-order valence-corrected chi connectivity index (χ4v) is 8.27. The number of ether oxygens (including phenoxy) is 1. The molecule has 6 atom stereocenters. The molecule has 0 aromatic heterocycles. The Labute approximate surface area is 249 Å². The van der Waals surface area contributed by atoms with Crippen molar-refractivity contribution < 1.29 is 23.1 Å². The molecule has 0 radical (unpaired) electrons. The first-order valence-electron chi connectivity index (χ1n) is 15.0. The second-order valence-corrected chi connectivity index (χ2v) is 15.1. The topological polar surface area (TPSA) is 95.9 Å². The fourth-order valence-electron chi connectivity index (χ4n) is 6.79. The van der Waals surface area contributed by atoms with E-state index in [4.69, 9.17) is 16.3 Å². The molecule has 0 saturated heterocycles. The number of aliphatic hydroxyl groups excluding tert-OH is 1. The number of aliphatic hydroxyl groups is 1. The highest BCUT2D eigenvalue weighted by Crippen LogP contribution is 2.42. The molecule has 2 aromatic rings. The van der Waals surface area contributed by atoms with Crippen LogP contribution in [0, 0.1) is 23.7 Å². The van der Waals surface area contributed by atoms with Crippen molar-refractivity contribution in [2.45, 2.75) is 83.7 Å². The zero-order valence-electron chi connectivity index (χ0n) is 24.3. The zero-order valence-corrected chi connectivity index (χ0v) is 25.9. The van der Waals surface area contributed by atoms with Gasteiger partial charge in [-0.1, -0.05) is 31.5 Å². The van der Waals surface area contributed by atoms with E-state index >= 15 is 0 Å². The summed E-state index contributed by atoms with van der Waals surface area (Å²) in [4.78, 5) is 15.6. The third kappa shape index (κ3) is 6.86. The Balaban J connectivity index is 1.53. The summed E-state index contributed by atoms with van der Waals surface area (Å²) in [5.74, 6) is 0.582. The van der Waals surface area contributed by atoms with Crippen LogP contribution in [-0.2, 0) is 23.1 Å². The van der Waals surface area contributed by atoms with Crippen LogP contribution in [0.5, 0.6) is 5.75 Å². The monoisotopic (exact) mass is 602 g/mol. The van der Waals surface area contributed by atoms with E-state index in [9.17, 15) is 18.3 Å². The van der Waals surface area contributed by atoms with Crippen LogP contribution in [0.2, 0.25) is 5.02 Å². The van der Waals surface area contributed by atoms with E-state index in [1.165, 1.54) is 5.56 Å². The standard InChI is InChI=1S/C32H43ClN2O5S/c1-20-14-21(2)22(3)41(38,39)34-32(37)24-9-12-31-29(17-24)35(18-25-8-11-28(25)30(36)15-20)13-5-4-6-23-16-27(33)10-7-26(23)19-40-31/h7,9-10,12,16-17,20-22,25,28,30,36H,4-6,8,11,13-15,18-19H2,1-3H3,(H,34,37)/t20-,21-,22+,25-,28+,30+/m0/s1. The van der Waals surface area contributed by atoms with Crippen molar-refractivity contribution in [1.82, 2.24) is 4.72 Å². The molecule has 2 N–H and O–H groups in total. The Kier molecular flexibility index (Phi) is 9.22. The third-order valence-electron chi connectivity index (χ3n) is 9.61. The number of anilines is 1. The molecule has 1 amide bonds. The number of carbonyl (C=O) groups excluding carboxylic acids is 1. The minimum atomic E-state index is -3.90. The summed E-state index contributed by atoms with van der Waals surface area (Å²) >= 11 is 6.30. The Morgan fingerprint density at radius 3 is 2.59 bits per heavy atom. The summed E-state index contributed by atoms with van der Waals surface area (Å²) < 4.78 is 35.2. The molecule has 2 aliphatic heterocycles. The normalized spacial score (nSPS) is 30.9. The average molecular weight is 603 g/mol. The van der Waals surface area contributed by atoms with Crippen LogP contribution >= 0.6 is 11.6 Å². The number of hydrogen-bond acceptors (Lipinski definition) is 6. The lowest BCUT2D eigenvalue weighted by Crippen LogP contribution is -2.44. The van der Waals surface area contributed by atoms with E-state index in [1.54, 1.807) is 25.1 Å². The number of aryl methyl sites for hydroxylation is 1. The first-order chi connectivity index (χ1) is 19.5. The quantitative estimate of drug-likeness (QED) is 0.386. The lowest BCUT2D eigenvalue weighted by atomic mass is 9.68. The van der Waals surface area contributed by atoms with Gasteiger partial charge in [-0.25, -0.2) is 13.1 Å². The van der Waals surface area contributed by atoms with Crippen molar-refractivity contribution in [1.29, 1.82) is 0 Å². The molecule has 9 heteroatoms. The van der Waals surface area contributed by atoms with Gasteiger partial charge in [0.1, 0.15) is 12.4 Å². The molecule has 7 nitrogen and oxygen atoms in total. The molecule has 3 aliphatic rings. The average Bonchev–Trinajstić information content (AvgIpc) is 2.92. The minimum absolute atomic E-state index is 0.165. The minimum Gasteiger partial charge on any atom is -0.487 e. The summed E-state index contributed by atoms with van der Waals surface area (Å²) in [7, 11) is -3.90. The van der Waals surface area contributed by atoms with E-state index in [-0.39, 0.29) is 23.3 Å². The molecule has 2 bridgehead atoms. The third-order valence-corrected chi connectivity index (χ3v) is 11.8. The van der Waals surface area contributed by atoms with Crippen LogP contribution in [0.3, 0.4) is 0 Å². The molecule has 41 heavy (non-hydrogen) atoms.